The topological polar surface area (TPSA) is 54.1 Å². The molecule has 0 spiro atoms. The van der Waals surface area contributed by atoms with E-state index < -0.39 is 0 Å². The number of carbonyl (C=O) groups excluding carboxylic acids is 1. The van der Waals surface area contributed by atoms with Crippen molar-refractivity contribution in [2.75, 3.05) is 7.11 Å². The molecule has 5 heteroatoms. The van der Waals surface area contributed by atoms with Crippen molar-refractivity contribution in [3.05, 3.63) is 58.4 Å². The van der Waals surface area contributed by atoms with E-state index >= 15 is 0 Å². The number of H-pyrrole nitrogens is 1. The lowest BCUT2D eigenvalue weighted by Crippen LogP contribution is -2.18. The van der Waals surface area contributed by atoms with Crippen LogP contribution in [0.2, 0.25) is 5.02 Å². The highest BCUT2D eigenvalue weighted by Crippen LogP contribution is 2.17. The molecule has 2 rings (SSSR count). The summed E-state index contributed by atoms with van der Waals surface area (Å²) in [5.74, 6) is -0.362. The van der Waals surface area contributed by atoms with Gasteiger partial charge in [0.1, 0.15) is 5.69 Å². The van der Waals surface area contributed by atoms with Gasteiger partial charge in [0, 0.05) is 23.3 Å². The lowest BCUT2D eigenvalue weighted by atomic mass is 10.1. The Labute approximate surface area is 123 Å². The minimum absolute atomic E-state index is 0.165. The van der Waals surface area contributed by atoms with Crippen LogP contribution in [0.5, 0.6) is 0 Å². The Kier molecular flexibility index (Phi) is 4.82. The summed E-state index contributed by atoms with van der Waals surface area (Å²) >= 11 is 5.97. The van der Waals surface area contributed by atoms with Crippen molar-refractivity contribution >= 4 is 17.6 Å². The van der Waals surface area contributed by atoms with Crippen molar-refractivity contribution in [2.45, 2.75) is 19.5 Å². The average molecular weight is 293 g/mol. The summed E-state index contributed by atoms with van der Waals surface area (Å²) in [5, 5.41) is 4.10. The third kappa shape index (κ3) is 3.62. The van der Waals surface area contributed by atoms with Gasteiger partial charge >= 0.3 is 5.97 Å². The summed E-state index contributed by atoms with van der Waals surface area (Å²) < 4.78 is 4.65. The van der Waals surface area contributed by atoms with Crippen LogP contribution in [-0.4, -0.2) is 18.1 Å². The molecular formula is C15H17ClN2O2. The number of esters is 1. The molecule has 1 aromatic carbocycles. The third-order valence-corrected chi connectivity index (χ3v) is 3.33. The zero-order valence-electron chi connectivity index (χ0n) is 11.4. The summed E-state index contributed by atoms with van der Waals surface area (Å²) in [4.78, 5) is 14.4. The normalized spacial score (nSPS) is 12.2. The third-order valence-electron chi connectivity index (χ3n) is 3.10. The largest absolute Gasteiger partial charge is 0.464 e. The van der Waals surface area contributed by atoms with Gasteiger partial charge < -0.3 is 15.0 Å². The molecule has 0 fully saturated rings. The molecule has 0 aliphatic carbocycles. The standard InChI is InChI=1S/C15H17ClN2O2/c1-10(11-4-3-5-12(16)8-11)17-9-13-6-7-14(18-13)15(19)20-2/h3-8,10,17-18H,9H2,1-2H3/t10-/m1/s1. The first-order valence-corrected chi connectivity index (χ1v) is 6.73. The molecule has 106 valence electrons. The van der Waals surface area contributed by atoms with Crippen LogP contribution >= 0.6 is 11.6 Å². The van der Waals surface area contributed by atoms with Crippen molar-refractivity contribution in [3.63, 3.8) is 0 Å². The van der Waals surface area contributed by atoms with E-state index in [4.69, 9.17) is 11.6 Å². The van der Waals surface area contributed by atoms with Gasteiger partial charge in [0.05, 0.1) is 7.11 Å². The van der Waals surface area contributed by atoms with Crippen LogP contribution in [0, 0.1) is 0 Å². The van der Waals surface area contributed by atoms with Gasteiger partial charge in [-0.3, -0.25) is 0 Å². The van der Waals surface area contributed by atoms with Crippen LogP contribution in [0.25, 0.3) is 0 Å². The van der Waals surface area contributed by atoms with E-state index in [1.165, 1.54) is 7.11 Å². The van der Waals surface area contributed by atoms with Crippen molar-refractivity contribution in [1.29, 1.82) is 0 Å². The zero-order valence-corrected chi connectivity index (χ0v) is 12.2. The van der Waals surface area contributed by atoms with Crippen molar-refractivity contribution in [1.82, 2.24) is 10.3 Å². The maximum Gasteiger partial charge on any atom is 0.354 e. The van der Waals surface area contributed by atoms with E-state index in [0.29, 0.717) is 12.2 Å². The number of methoxy groups -OCH3 is 1. The maximum atomic E-state index is 11.3. The van der Waals surface area contributed by atoms with Crippen LogP contribution < -0.4 is 5.32 Å². The highest BCUT2D eigenvalue weighted by atomic mass is 35.5. The number of hydrogen-bond donors (Lipinski definition) is 2. The minimum atomic E-state index is -0.362. The molecular weight excluding hydrogens is 276 g/mol. The van der Waals surface area contributed by atoms with Gasteiger partial charge in [-0.05, 0) is 36.8 Å². The smallest absolute Gasteiger partial charge is 0.354 e. The number of rotatable bonds is 5. The fourth-order valence-electron chi connectivity index (χ4n) is 1.93. The highest BCUT2D eigenvalue weighted by Gasteiger charge is 2.09. The Morgan fingerprint density at radius 1 is 1.40 bits per heavy atom. The fraction of sp³-hybridized carbons (Fsp3) is 0.267. The number of nitrogens with one attached hydrogen (secondary N) is 2. The molecule has 0 radical (unpaired) electrons. The van der Waals surface area contributed by atoms with Gasteiger partial charge in [-0.25, -0.2) is 4.79 Å². The molecule has 0 amide bonds. The molecule has 2 N–H and O–H groups in total. The van der Waals surface area contributed by atoms with Gasteiger partial charge in [0.15, 0.2) is 0 Å². The van der Waals surface area contributed by atoms with Crippen LogP contribution in [0.4, 0.5) is 0 Å². The summed E-state index contributed by atoms with van der Waals surface area (Å²) in [6, 6.07) is 11.5. The first-order chi connectivity index (χ1) is 9.60. The molecule has 0 aliphatic heterocycles. The molecule has 0 aliphatic rings. The van der Waals surface area contributed by atoms with E-state index in [-0.39, 0.29) is 12.0 Å². The average Bonchev–Trinajstić information content (AvgIpc) is 2.92. The van der Waals surface area contributed by atoms with Crippen LogP contribution in [0.3, 0.4) is 0 Å². The SMILES string of the molecule is COC(=O)c1ccc(CN[C@H](C)c2cccc(Cl)c2)[nH]1. The summed E-state index contributed by atoms with van der Waals surface area (Å²) in [6.45, 7) is 2.69. The lowest BCUT2D eigenvalue weighted by molar-refractivity contribution is 0.0594. The molecule has 1 heterocycles. The second-order valence-corrected chi connectivity index (χ2v) is 4.98. The predicted molar refractivity (Wildman–Crippen MR) is 78.8 cm³/mol. The predicted octanol–water partition coefficient (Wildman–Crippen LogP) is 3.31. The quantitative estimate of drug-likeness (QED) is 0.831. The molecule has 0 unspecified atom stereocenters. The number of halogens is 1. The van der Waals surface area contributed by atoms with Crippen molar-refractivity contribution < 1.29 is 9.53 Å². The maximum absolute atomic E-state index is 11.3. The number of benzene rings is 1. The van der Waals surface area contributed by atoms with Crippen LogP contribution in [-0.2, 0) is 11.3 Å². The van der Waals surface area contributed by atoms with E-state index in [1.54, 1.807) is 6.07 Å². The van der Waals surface area contributed by atoms with E-state index in [1.807, 2.05) is 30.3 Å². The fourth-order valence-corrected chi connectivity index (χ4v) is 2.13. The lowest BCUT2D eigenvalue weighted by Gasteiger charge is -2.13. The molecule has 20 heavy (non-hydrogen) atoms. The first-order valence-electron chi connectivity index (χ1n) is 6.35. The summed E-state index contributed by atoms with van der Waals surface area (Å²) in [7, 11) is 1.36. The second-order valence-electron chi connectivity index (χ2n) is 4.55. The van der Waals surface area contributed by atoms with E-state index in [0.717, 1.165) is 16.3 Å². The molecule has 0 saturated heterocycles. The number of aromatic amines is 1. The van der Waals surface area contributed by atoms with Crippen LogP contribution in [0.1, 0.15) is 34.7 Å². The Hall–Kier alpha value is -1.78. The Balaban J connectivity index is 1.95. The molecule has 2 aromatic rings. The second kappa shape index (κ2) is 6.59. The highest BCUT2D eigenvalue weighted by molar-refractivity contribution is 6.30. The van der Waals surface area contributed by atoms with Crippen molar-refractivity contribution in [3.8, 4) is 0 Å². The van der Waals surface area contributed by atoms with E-state index in [2.05, 4.69) is 22.0 Å². The summed E-state index contributed by atoms with van der Waals surface area (Å²) in [6.07, 6.45) is 0. The molecule has 4 nitrogen and oxygen atoms in total. The molecule has 1 aromatic heterocycles. The number of aromatic nitrogens is 1. The number of hydrogen-bond acceptors (Lipinski definition) is 3. The number of carbonyl (C=O) groups is 1. The van der Waals surface area contributed by atoms with Crippen molar-refractivity contribution in [2.24, 2.45) is 0 Å². The zero-order chi connectivity index (χ0) is 14.5. The summed E-state index contributed by atoms with van der Waals surface area (Å²) in [5.41, 5.74) is 2.51. The molecule has 1 atom stereocenters. The van der Waals surface area contributed by atoms with Gasteiger partial charge in [0.2, 0.25) is 0 Å². The van der Waals surface area contributed by atoms with Gasteiger partial charge in [-0.15, -0.1) is 0 Å². The molecule has 0 bridgehead atoms. The first kappa shape index (κ1) is 14.6. The Morgan fingerprint density at radius 3 is 2.90 bits per heavy atom. The Morgan fingerprint density at radius 2 is 2.20 bits per heavy atom. The van der Waals surface area contributed by atoms with Crippen LogP contribution in [0.15, 0.2) is 36.4 Å². The van der Waals surface area contributed by atoms with Gasteiger partial charge in [0.25, 0.3) is 0 Å². The van der Waals surface area contributed by atoms with Gasteiger partial charge in [-0.2, -0.15) is 0 Å². The number of ether oxygens (including phenoxy) is 1. The minimum Gasteiger partial charge on any atom is -0.464 e. The monoisotopic (exact) mass is 292 g/mol. The Bertz CT molecular complexity index is 595. The van der Waals surface area contributed by atoms with Gasteiger partial charge in [-0.1, -0.05) is 23.7 Å². The molecule has 0 saturated carbocycles. The van der Waals surface area contributed by atoms with E-state index in [9.17, 15) is 4.79 Å².